The van der Waals surface area contributed by atoms with Crippen molar-refractivity contribution in [1.29, 1.82) is 0 Å². The van der Waals surface area contributed by atoms with Gasteiger partial charge in [0.15, 0.2) is 16.7 Å². The molecule has 0 aliphatic carbocycles. The molecule has 42 heavy (non-hydrogen) atoms. The van der Waals surface area contributed by atoms with E-state index in [-0.39, 0.29) is 5.82 Å². The molecule has 2 bridgehead atoms. The zero-order chi connectivity index (χ0) is 29.5. The minimum absolute atomic E-state index is 0.370. The van der Waals surface area contributed by atoms with Crippen LogP contribution < -0.4 is 15.5 Å². The van der Waals surface area contributed by atoms with Crippen molar-refractivity contribution in [3.8, 4) is 28.3 Å². The van der Waals surface area contributed by atoms with Gasteiger partial charge in [0.1, 0.15) is 11.9 Å². The summed E-state index contributed by atoms with van der Waals surface area (Å²) in [6.45, 7) is 4.89. The number of nitrogens with one attached hydrogen (secondary N) is 1. The molecule has 3 aromatic heterocycles. The van der Waals surface area contributed by atoms with E-state index in [2.05, 4.69) is 10.4 Å². The smallest absolute Gasteiger partial charge is 0.482 e. The largest absolute Gasteiger partial charge is 0.488 e. The average Bonchev–Trinajstić information content (AvgIpc) is 3.50. The molecule has 0 amide bonds. The lowest BCUT2D eigenvalue weighted by Crippen LogP contribution is -2.29. The number of pyridine rings is 1. The second kappa shape index (κ2) is 11.2. The lowest BCUT2D eigenvalue weighted by Gasteiger charge is -2.22. The molecule has 0 saturated carbocycles. The summed E-state index contributed by atoms with van der Waals surface area (Å²) < 4.78 is 24.8. The van der Waals surface area contributed by atoms with Crippen LogP contribution in [0.2, 0.25) is 5.15 Å². The molecule has 0 unspecified atom stereocenters. The maximum absolute atomic E-state index is 14.6. The van der Waals surface area contributed by atoms with E-state index in [9.17, 15) is 14.4 Å². The van der Waals surface area contributed by atoms with Crippen LogP contribution in [0.5, 0.6) is 5.75 Å². The molecule has 1 atom stereocenters. The molecular formula is C30H29BClFN6O3. The monoisotopic (exact) mass is 586 g/mol. The predicted octanol–water partition coefficient (Wildman–Crippen LogP) is 4.49. The van der Waals surface area contributed by atoms with Crippen molar-refractivity contribution >= 4 is 30.0 Å². The average molecular weight is 587 g/mol. The van der Waals surface area contributed by atoms with Crippen LogP contribution in [0.1, 0.15) is 42.2 Å². The van der Waals surface area contributed by atoms with E-state index < -0.39 is 13.2 Å². The highest BCUT2D eigenvalue weighted by molar-refractivity contribution is 6.58. The third kappa shape index (κ3) is 5.26. The number of benzene rings is 2. The second-order valence-corrected chi connectivity index (χ2v) is 10.7. The molecule has 214 valence electrons. The first kappa shape index (κ1) is 28.0. The van der Waals surface area contributed by atoms with Gasteiger partial charge in [-0.1, -0.05) is 35.9 Å². The summed E-state index contributed by atoms with van der Waals surface area (Å²) in [5.74, 6) is 0.607. The Labute approximate surface area is 247 Å². The third-order valence-electron chi connectivity index (χ3n) is 7.45. The van der Waals surface area contributed by atoms with Crippen molar-refractivity contribution in [3.63, 3.8) is 0 Å². The summed E-state index contributed by atoms with van der Waals surface area (Å²) in [4.78, 5) is 4.74. The van der Waals surface area contributed by atoms with Crippen LogP contribution in [0.4, 0.5) is 10.2 Å². The highest BCUT2D eigenvalue weighted by Crippen LogP contribution is 2.40. The van der Waals surface area contributed by atoms with Crippen LogP contribution in [0.15, 0.2) is 60.9 Å². The maximum Gasteiger partial charge on any atom is 0.488 e. The van der Waals surface area contributed by atoms with Gasteiger partial charge >= 0.3 is 7.12 Å². The Bertz CT molecular complexity index is 1770. The van der Waals surface area contributed by atoms with E-state index in [1.54, 1.807) is 29.1 Å². The molecule has 6 rings (SSSR count). The third-order valence-corrected chi connectivity index (χ3v) is 7.75. The van der Waals surface area contributed by atoms with E-state index >= 15 is 0 Å². The molecule has 2 aromatic carbocycles. The Hall–Kier alpha value is -4.19. The first-order valence-corrected chi connectivity index (χ1v) is 14.0. The van der Waals surface area contributed by atoms with Crippen molar-refractivity contribution in [2.75, 3.05) is 5.32 Å². The molecular weight excluding hydrogens is 558 g/mol. The van der Waals surface area contributed by atoms with Gasteiger partial charge in [-0.05, 0) is 49.1 Å². The van der Waals surface area contributed by atoms with E-state index in [0.29, 0.717) is 47.3 Å². The Kier molecular flexibility index (Phi) is 7.48. The second-order valence-electron chi connectivity index (χ2n) is 10.3. The molecule has 12 heteroatoms. The van der Waals surface area contributed by atoms with Crippen LogP contribution in [-0.4, -0.2) is 41.7 Å². The van der Waals surface area contributed by atoms with Crippen LogP contribution in [0, 0.1) is 5.82 Å². The first-order chi connectivity index (χ1) is 20.2. The van der Waals surface area contributed by atoms with Gasteiger partial charge < -0.3 is 20.1 Å². The molecule has 0 saturated heterocycles. The van der Waals surface area contributed by atoms with Crippen molar-refractivity contribution in [1.82, 2.24) is 24.5 Å². The highest BCUT2D eigenvalue weighted by Gasteiger charge is 2.26. The molecule has 1 aliphatic heterocycles. The van der Waals surface area contributed by atoms with Crippen molar-refractivity contribution in [2.45, 2.75) is 39.5 Å². The summed E-state index contributed by atoms with van der Waals surface area (Å²) in [5, 5.41) is 31.9. The number of halogens is 2. The van der Waals surface area contributed by atoms with Crippen molar-refractivity contribution in [2.24, 2.45) is 7.05 Å². The quantitative estimate of drug-likeness (QED) is 0.260. The van der Waals surface area contributed by atoms with Gasteiger partial charge in [0.05, 0.1) is 11.4 Å². The van der Waals surface area contributed by atoms with Crippen LogP contribution in [0.25, 0.3) is 22.5 Å². The molecule has 3 N–H and O–H groups in total. The number of aromatic nitrogens is 5. The lowest BCUT2D eigenvalue weighted by atomic mass is 9.80. The van der Waals surface area contributed by atoms with E-state index in [4.69, 9.17) is 26.4 Å². The Morgan fingerprint density at radius 2 is 1.93 bits per heavy atom. The zero-order valence-corrected chi connectivity index (χ0v) is 24.1. The Morgan fingerprint density at radius 3 is 2.67 bits per heavy atom. The Morgan fingerprint density at radius 1 is 1.14 bits per heavy atom. The summed E-state index contributed by atoms with van der Waals surface area (Å²) in [6.07, 6.45) is 3.63. The fraction of sp³-hybridized carbons (Fsp3) is 0.233. The zero-order valence-electron chi connectivity index (χ0n) is 23.3. The van der Waals surface area contributed by atoms with Gasteiger partial charge in [0, 0.05) is 66.8 Å². The number of hydrogen-bond acceptors (Lipinski definition) is 7. The molecule has 0 spiro atoms. The fourth-order valence-electron chi connectivity index (χ4n) is 5.39. The minimum Gasteiger partial charge on any atom is -0.482 e. The molecule has 0 fully saturated rings. The maximum atomic E-state index is 14.6. The number of ether oxygens (including phenoxy) is 1. The number of nitrogens with zero attached hydrogens (tertiary/aromatic N) is 5. The summed E-state index contributed by atoms with van der Waals surface area (Å²) in [7, 11) is 0.329. The summed E-state index contributed by atoms with van der Waals surface area (Å²) in [5.41, 5.74) is 6.86. The van der Waals surface area contributed by atoms with E-state index in [1.807, 2.05) is 50.0 Å². The molecule has 4 heterocycles. The van der Waals surface area contributed by atoms with Gasteiger partial charge in [0.2, 0.25) is 0 Å². The van der Waals surface area contributed by atoms with Gasteiger partial charge in [-0.3, -0.25) is 9.36 Å². The van der Waals surface area contributed by atoms with Crippen LogP contribution in [-0.2, 0) is 26.6 Å². The number of aryl methyl sites for hydroxylation is 2. The molecule has 1 aliphatic rings. The number of hydrogen-bond donors (Lipinski definition) is 3. The SMILES string of the molecule is CCn1nc(Cl)c2c1-c1cnc(NCc3ccc(B(O)O)cc3)c(c1)O[C@H](C)c1cc(F)ccc1-c1nn(C)cc1C2. The molecule has 0 radical (unpaired) electrons. The topological polar surface area (TPSA) is 110 Å². The van der Waals surface area contributed by atoms with Crippen LogP contribution in [0.3, 0.4) is 0 Å². The predicted molar refractivity (Wildman–Crippen MR) is 160 cm³/mol. The van der Waals surface area contributed by atoms with Gasteiger partial charge in [-0.2, -0.15) is 10.2 Å². The highest BCUT2D eigenvalue weighted by atomic mass is 35.5. The van der Waals surface area contributed by atoms with Gasteiger partial charge in [-0.15, -0.1) is 0 Å². The number of anilines is 1. The summed E-state index contributed by atoms with van der Waals surface area (Å²) in [6, 6.07) is 13.5. The van der Waals surface area contributed by atoms with Gasteiger partial charge in [0.25, 0.3) is 0 Å². The molecule has 5 aromatic rings. The first-order valence-electron chi connectivity index (χ1n) is 13.6. The fourth-order valence-corrected chi connectivity index (χ4v) is 5.64. The standard InChI is InChI=1S/C30H29BClFN6O3/c1-4-39-28-19-12-26(30(35-15-19)34-14-18-5-7-21(8-6-18)31(40)41)42-17(2)24-13-22(33)9-10-23(24)27-20(16-38(3)36-27)11-25(28)29(32)37-39/h5-10,12-13,15-17,40-41H,4,11,14H2,1-3H3,(H,34,35)/t17-/m1/s1. The number of fused-ring (bicyclic) bond motifs is 7. The minimum atomic E-state index is -1.53. The van der Waals surface area contributed by atoms with Crippen LogP contribution >= 0.6 is 11.6 Å². The Balaban J connectivity index is 1.48. The van der Waals surface area contributed by atoms with Crippen molar-refractivity contribution < 1.29 is 19.2 Å². The number of rotatable bonds is 5. The van der Waals surface area contributed by atoms with Gasteiger partial charge in [-0.25, -0.2) is 9.37 Å². The lowest BCUT2D eigenvalue weighted by molar-refractivity contribution is 0.227. The van der Waals surface area contributed by atoms with E-state index in [0.717, 1.165) is 39.2 Å². The summed E-state index contributed by atoms with van der Waals surface area (Å²) >= 11 is 6.74. The van der Waals surface area contributed by atoms with E-state index in [1.165, 1.54) is 12.1 Å². The molecule has 9 nitrogen and oxygen atoms in total. The van der Waals surface area contributed by atoms with Crippen molar-refractivity contribution in [3.05, 3.63) is 94.1 Å². The normalized spacial score (nSPS) is 14.1.